The van der Waals surface area contributed by atoms with Crippen LogP contribution in [0, 0.1) is 0 Å². The van der Waals surface area contributed by atoms with Gasteiger partial charge >= 0.3 is 0 Å². The molecule has 0 saturated carbocycles. The van der Waals surface area contributed by atoms with Gasteiger partial charge in [0.1, 0.15) is 47.1 Å². The predicted octanol–water partition coefficient (Wildman–Crippen LogP) is 5.85. The summed E-state index contributed by atoms with van der Waals surface area (Å²) in [7, 11) is 4.97. The van der Waals surface area contributed by atoms with Gasteiger partial charge in [0.25, 0.3) is 0 Å². The summed E-state index contributed by atoms with van der Waals surface area (Å²) in [6, 6.07) is 23.6. The maximum Gasteiger partial charge on any atom is 0.164 e. The third-order valence-corrected chi connectivity index (χ3v) is 8.21. The molecule has 0 unspecified atom stereocenters. The highest BCUT2D eigenvalue weighted by Gasteiger charge is 2.56. The Kier molecular flexibility index (Phi) is 9.75. The van der Waals surface area contributed by atoms with E-state index in [4.69, 9.17) is 37.9 Å². The van der Waals surface area contributed by atoms with Crippen LogP contribution in [0.3, 0.4) is 0 Å². The van der Waals surface area contributed by atoms with Crippen molar-refractivity contribution in [3.63, 3.8) is 0 Å². The second-order valence-electron chi connectivity index (χ2n) is 10.4. The molecule has 0 aromatic heterocycles. The van der Waals surface area contributed by atoms with Crippen molar-refractivity contribution in [2.24, 2.45) is 0 Å². The van der Waals surface area contributed by atoms with Gasteiger partial charge in [-0.3, -0.25) is 0 Å². The van der Waals surface area contributed by atoms with Crippen LogP contribution in [0.4, 0.5) is 0 Å². The van der Waals surface area contributed by atoms with E-state index in [-0.39, 0.29) is 23.7 Å². The maximum atomic E-state index is 6.70. The molecule has 0 amide bonds. The predicted molar refractivity (Wildman–Crippen MR) is 156 cm³/mol. The van der Waals surface area contributed by atoms with E-state index >= 15 is 0 Å². The molecule has 0 radical (unpaired) electrons. The number of methoxy groups -OCH3 is 3. The molecule has 9 heteroatoms. The van der Waals surface area contributed by atoms with Crippen molar-refractivity contribution in [1.29, 1.82) is 0 Å². The van der Waals surface area contributed by atoms with E-state index in [0.29, 0.717) is 19.8 Å². The number of hydrogen-bond donors (Lipinski definition) is 0. The molecule has 2 aliphatic rings. The van der Waals surface area contributed by atoms with E-state index in [0.717, 1.165) is 33.3 Å². The third kappa shape index (κ3) is 7.54. The van der Waals surface area contributed by atoms with Crippen LogP contribution in [-0.4, -0.2) is 63.6 Å². The largest absolute Gasteiger partial charge is 0.497 e. The second-order valence-corrected chi connectivity index (χ2v) is 11.6. The van der Waals surface area contributed by atoms with Crippen molar-refractivity contribution in [3.8, 4) is 17.2 Å². The molecule has 5 atom stereocenters. The summed E-state index contributed by atoms with van der Waals surface area (Å²) >= 11 is 1.59. The normalized spacial score (nSPS) is 25.0. The Morgan fingerprint density at radius 3 is 1.76 bits per heavy atom. The van der Waals surface area contributed by atoms with E-state index in [1.807, 2.05) is 86.6 Å². The van der Waals surface area contributed by atoms with Crippen LogP contribution < -0.4 is 14.2 Å². The van der Waals surface area contributed by atoms with Crippen LogP contribution in [0.15, 0.2) is 77.7 Å². The van der Waals surface area contributed by atoms with E-state index in [2.05, 4.69) is 0 Å². The zero-order valence-corrected chi connectivity index (χ0v) is 24.9. The molecule has 3 aromatic carbocycles. The highest BCUT2D eigenvalue weighted by atomic mass is 32.2. The summed E-state index contributed by atoms with van der Waals surface area (Å²) in [5.74, 6) is 1.62. The van der Waals surface area contributed by atoms with Crippen molar-refractivity contribution in [2.75, 3.05) is 27.9 Å². The minimum atomic E-state index is -0.783. The van der Waals surface area contributed by atoms with Gasteiger partial charge in [0.15, 0.2) is 5.79 Å². The topological polar surface area (TPSA) is 73.8 Å². The lowest BCUT2D eigenvalue weighted by Gasteiger charge is -2.41. The molecule has 5 rings (SSSR count). The van der Waals surface area contributed by atoms with E-state index in [1.165, 1.54) is 0 Å². The number of fused-ring (bicyclic) bond motifs is 1. The molecule has 0 aliphatic carbocycles. The molecule has 41 heavy (non-hydrogen) atoms. The number of ether oxygens (including phenoxy) is 8. The third-order valence-electron chi connectivity index (χ3n) is 7.05. The summed E-state index contributed by atoms with van der Waals surface area (Å²) in [4.78, 5) is 1.03. The fraction of sp³-hybridized carbons (Fsp3) is 0.438. The van der Waals surface area contributed by atoms with Gasteiger partial charge in [-0.2, -0.15) is 0 Å². The molecule has 0 bridgehead atoms. The first-order valence-electron chi connectivity index (χ1n) is 13.6. The van der Waals surface area contributed by atoms with Crippen LogP contribution in [0.5, 0.6) is 17.2 Å². The van der Waals surface area contributed by atoms with Gasteiger partial charge in [0.05, 0.1) is 41.2 Å². The van der Waals surface area contributed by atoms with Crippen molar-refractivity contribution < 1.29 is 37.9 Å². The maximum absolute atomic E-state index is 6.70. The average molecular weight is 583 g/mol. The first kappa shape index (κ1) is 29.7. The second kappa shape index (κ2) is 13.5. The molecule has 8 nitrogen and oxygen atoms in total. The smallest absolute Gasteiger partial charge is 0.164 e. The Balaban J connectivity index is 1.33. The van der Waals surface area contributed by atoms with Crippen LogP contribution in [-0.2, 0) is 36.9 Å². The molecule has 0 spiro atoms. The highest BCUT2D eigenvalue weighted by molar-refractivity contribution is 7.99. The van der Waals surface area contributed by atoms with Crippen LogP contribution in [0.25, 0.3) is 0 Å². The van der Waals surface area contributed by atoms with Crippen molar-refractivity contribution in [3.05, 3.63) is 83.9 Å². The van der Waals surface area contributed by atoms with Gasteiger partial charge < -0.3 is 37.9 Å². The van der Waals surface area contributed by atoms with Crippen molar-refractivity contribution >= 4 is 11.8 Å². The molecule has 2 saturated heterocycles. The minimum Gasteiger partial charge on any atom is -0.497 e. The highest BCUT2D eigenvalue weighted by Crippen LogP contribution is 2.43. The Bertz CT molecular complexity index is 1230. The Morgan fingerprint density at radius 2 is 1.20 bits per heavy atom. The van der Waals surface area contributed by atoms with Crippen LogP contribution >= 0.6 is 11.8 Å². The summed E-state index contributed by atoms with van der Waals surface area (Å²) in [5.41, 5.74) is 1.71. The van der Waals surface area contributed by atoms with Gasteiger partial charge in [-0.15, -0.1) is 0 Å². The monoisotopic (exact) mass is 582 g/mol. The standard InChI is InChI=1S/C32H38O8S/c1-32(2)39-28-27(20-36-18-21-6-10-23(33-3)11-7-21)38-31(41-26-16-14-25(35-5)15-17-26)30(29(28)40-32)37-19-22-8-12-24(34-4)13-9-22/h6-17,27-31H,18-20H2,1-5H3/t27-,28-,29+,30+,31-/m1/s1. The van der Waals surface area contributed by atoms with Crippen LogP contribution in [0.2, 0.25) is 0 Å². The van der Waals surface area contributed by atoms with Gasteiger partial charge in [0.2, 0.25) is 0 Å². The van der Waals surface area contributed by atoms with Gasteiger partial charge in [-0.25, -0.2) is 0 Å². The lowest BCUT2D eigenvalue weighted by atomic mass is 10.00. The van der Waals surface area contributed by atoms with Gasteiger partial charge in [0, 0.05) is 4.90 Å². The van der Waals surface area contributed by atoms with Crippen LogP contribution in [0.1, 0.15) is 25.0 Å². The van der Waals surface area contributed by atoms with Crippen molar-refractivity contribution in [1.82, 2.24) is 0 Å². The summed E-state index contributed by atoms with van der Waals surface area (Å²) in [6.45, 7) is 5.03. The first-order valence-corrected chi connectivity index (χ1v) is 14.5. The summed E-state index contributed by atoms with van der Waals surface area (Å²) in [5, 5.41) is 0. The SMILES string of the molecule is COc1ccc(COC[C@H]2O[C@H](Sc3ccc(OC)cc3)[C@@H](OCc3ccc(OC)cc3)[C@H]3OC(C)(C)O[C@@H]32)cc1. The van der Waals surface area contributed by atoms with Gasteiger partial charge in [-0.1, -0.05) is 36.0 Å². The minimum absolute atomic E-state index is 0.345. The fourth-order valence-corrected chi connectivity index (χ4v) is 6.09. The molecule has 2 heterocycles. The zero-order chi connectivity index (χ0) is 28.8. The van der Waals surface area contributed by atoms with Gasteiger partial charge in [-0.05, 0) is 73.5 Å². The number of benzene rings is 3. The molecule has 3 aromatic rings. The van der Waals surface area contributed by atoms with E-state index in [9.17, 15) is 0 Å². The zero-order valence-electron chi connectivity index (χ0n) is 24.1. The molecular formula is C32H38O8S. The lowest BCUT2D eigenvalue weighted by molar-refractivity contribution is -0.192. The van der Waals surface area contributed by atoms with E-state index in [1.54, 1.807) is 33.1 Å². The quantitative estimate of drug-likeness (QED) is 0.261. The Hall–Kier alpha value is -2.79. The lowest BCUT2D eigenvalue weighted by Crippen LogP contribution is -2.57. The number of thioether (sulfide) groups is 1. The number of rotatable bonds is 12. The summed E-state index contributed by atoms with van der Waals surface area (Å²) < 4.78 is 48.1. The average Bonchev–Trinajstić information content (AvgIpc) is 3.33. The summed E-state index contributed by atoms with van der Waals surface area (Å²) in [6.07, 6.45) is -1.44. The molecule has 2 fully saturated rings. The van der Waals surface area contributed by atoms with Crippen molar-refractivity contribution in [2.45, 2.75) is 67.6 Å². The Morgan fingerprint density at radius 1 is 0.683 bits per heavy atom. The Labute approximate surface area is 246 Å². The van der Waals surface area contributed by atoms with E-state index < -0.39 is 11.9 Å². The molecular weight excluding hydrogens is 544 g/mol. The fourth-order valence-electron chi connectivity index (χ4n) is 4.96. The molecule has 2 aliphatic heterocycles. The molecule has 0 N–H and O–H groups in total. The first-order chi connectivity index (χ1) is 19.9. The number of hydrogen-bond acceptors (Lipinski definition) is 9. The molecule has 220 valence electrons.